The summed E-state index contributed by atoms with van der Waals surface area (Å²) in [6.45, 7) is 6.98. The number of anilines is 1. The smallest absolute Gasteiger partial charge is 0.253 e. The summed E-state index contributed by atoms with van der Waals surface area (Å²) in [7, 11) is 0. The van der Waals surface area contributed by atoms with Gasteiger partial charge in [-0.25, -0.2) is 13.5 Å². The highest BCUT2D eigenvalue weighted by Crippen LogP contribution is 2.28. The summed E-state index contributed by atoms with van der Waals surface area (Å²) in [5, 5.41) is 7.64. The molecule has 1 saturated heterocycles. The van der Waals surface area contributed by atoms with E-state index in [1.165, 1.54) is 36.4 Å². The van der Waals surface area contributed by atoms with Crippen LogP contribution in [-0.4, -0.2) is 39.6 Å². The maximum absolute atomic E-state index is 13.4. The van der Waals surface area contributed by atoms with Crippen molar-refractivity contribution in [3.63, 3.8) is 0 Å². The van der Waals surface area contributed by atoms with Gasteiger partial charge < -0.3 is 10.2 Å². The quantitative estimate of drug-likeness (QED) is 0.592. The Morgan fingerprint density at radius 3 is 2.06 bits per heavy atom. The number of aromatic nitrogens is 2. The molecule has 1 aliphatic rings. The SMILES string of the molecule is CC(C)(C)c1cc(NC(=O)C2CCN(C(=O)c3ccc(F)cc3)CC2)n(-c2ccc(F)cc2)n1. The molecule has 0 aliphatic carbocycles. The number of carbonyl (C=O) groups is 2. The average molecular weight is 467 g/mol. The summed E-state index contributed by atoms with van der Waals surface area (Å²) in [6, 6.07) is 13.3. The lowest BCUT2D eigenvalue weighted by Crippen LogP contribution is -2.41. The third-order valence-corrected chi connectivity index (χ3v) is 6.04. The van der Waals surface area contributed by atoms with E-state index in [2.05, 4.69) is 10.4 Å². The highest BCUT2D eigenvalue weighted by molar-refractivity contribution is 5.95. The van der Waals surface area contributed by atoms with Gasteiger partial charge in [0.15, 0.2) is 0 Å². The van der Waals surface area contributed by atoms with Crippen molar-refractivity contribution >= 4 is 17.6 Å². The zero-order valence-corrected chi connectivity index (χ0v) is 19.5. The summed E-state index contributed by atoms with van der Waals surface area (Å²) < 4.78 is 28.2. The number of hydrogen-bond donors (Lipinski definition) is 1. The van der Waals surface area contributed by atoms with Crippen molar-refractivity contribution in [3.05, 3.63) is 77.5 Å². The van der Waals surface area contributed by atoms with Crippen LogP contribution in [-0.2, 0) is 10.2 Å². The molecule has 0 bridgehead atoms. The van der Waals surface area contributed by atoms with E-state index in [0.717, 1.165) is 5.69 Å². The van der Waals surface area contributed by atoms with Crippen LogP contribution in [0.2, 0.25) is 0 Å². The predicted octanol–water partition coefficient (Wildman–Crippen LogP) is 4.94. The number of hydrogen-bond acceptors (Lipinski definition) is 3. The minimum Gasteiger partial charge on any atom is -0.339 e. The predicted molar refractivity (Wildman–Crippen MR) is 126 cm³/mol. The molecule has 0 radical (unpaired) electrons. The first kappa shape index (κ1) is 23.6. The van der Waals surface area contributed by atoms with Gasteiger partial charge in [0.1, 0.15) is 17.5 Å². The zero-order chi connectivity index (χ0) is 24.5. The van der Waals surface area contributed by atoms with E-state index in [4.69, 9.17) is 0 Å². The third kappa shape index (κ3) is 5.16. The van der Waals surface area contributed by atoms with Crippen LogP contribution < -0.4 is 5.32 Å². The number of likely N-dealkylation sites (tertiary alicyclic amines) is 1. The molecule has 0 atom stereocenters. The topological polar surface area (TPSA) is 67.2 Å². The lowest BCUT2D eigenvalue weighted by Gasteiger charge is -2.31. The summed E-state index contributed by atoms with van der Waals surface area (Å²) in [5.41, 5.74) is 1.64. The number of halogens is 2. The Morgan fingerprint density at radius 2 is 1.50 bits per heavy atom. The fraction of sp³-hybridized carbons (Fsp3) is 0.346. The van der Waals surface area contributed by atoms with Gasteiger partial charge in [-0.2, -0.15) is 5.10 Å². The van der Waals surface area contributed by atoms with Crippen LogP contribution in [0.5, 0.6) is 0 Å². The van der Waals surface area contributed by atoms with Gasteiger partial charge in [0, 0.05) is 36.1 Å². The molecule has 2 aromatic carbocycles. The van der Waals surface area contributed by atoms with Crippen molar-refractivity contribution < 1.29 is 18.4 Å². The minimum absolute atomic E-state index is 0.141. The highest BCUT2D eigenvalue weighted by Gasteiger charge is 2.29. The van der Waals surface area contributed by atoms with Gasteiger partial charge in [0.2, 0.25) is 5.91 Å². The molecule has 1 N–H and O–H groups in total. The Kier molecular flexibility index (Phi) is 6.50. The van der Waals surface area contributed by atoms with Crippen molar-refractivity contribution in [2.75, 3.05) is 18.4 Å². The molecule has 178 valence electrons. The van der Waals surface area contributed by atoms with Crippen molar-refractivity contribution in [3.8, 4) is 5.69 Å². The van der Waals surface area contributed by atoms with Crippen LogP contribution in [0.15, 0.2) is 54.6 Å². The molecule has 34 heavy (non-hydrogen) atoms. The van der Waals surface area contributed by atoms with E-state index in [-0.39, 0.29) is 34.8 Å². The van der Waals surface area contributed by atoms with E-state index in [1.807, 2.05) is 26.8 Å². The zero-order valence-electron chi connectivity index (χ0n) is 19.5. The molecule has 2 heterocycles. The highest BCUT2D eigenvalue weighted by atomic mass is 19.1. The van der Waals surface area contributed by atoms with Gasteiger partial charge in [0.25, 0.3) is 5.91 Å². The fourth-order valence-corrected chi connectivity index (χ4v) is 3.96. The van der Waals surface area contributed by atoms with Crippen molar-refractivity contribution in [1.82, 2.24) is 14.7 Å². The van der Waals surface area contributed by atoms with E-state index in [1.54, 1.807) is 21.7 Å². The fourth-order valence-electron chi connectivity index (χ4n) is 3.96. The van der Waals surface area contributed by atoms with Crippen molar-refractivity contribution in [2.24, 2.45) is 5.92 Å². The number of carbonyl (C=O) groups excluding carboxylic acids is 2. The molecular formula is C26H28F2N4O2. The molecule has 8 heteroatoms. The van der Waals surface area contributed by atoms with Crippen LogP contribution >= 0.6 is 0 Å². The molecule has 1 fully saturated rings. The second-order valence-electron chi connectivity index (χ2n) is 9.62. The Balaban J connectivity index is 1.45. The summed E-state index contributed by atoms with van der Waals surface area (Å²) in [4.78, 5) is 27.4. The van der Waals surface area contributed by atoms with Gasteiger partial charge in [-0.05, 0) is 61.4 Å². The summed E-state index contributed by atoms with van der Waals surface area (Å²) in [6.07, 6.45) is 1.05. The molecule has 1 aliphatic heterocycles. The first-order valence-electron chi connectivity index (χ1n) is 11.3. The Labute approximate surface area is 197 Å². The molecule has 0 unspecified atom stereocenters. The molecule has 2 amide bonds. The second-order valence-corrected chi connectivity index (χ2v) is 9.62. The van der Waals surface area contributed by atoms with Gasteiger partial charge in [-0.15, -0.1) is 0 Å². The molecule has 0 saturated carbocycles. The first-order valence-corrected chi connectivity index (χ1v) is 11.3. The minimum atomic E-state index is -0.388. The van der Waals surface area contributed by atoms with Crippen LogP contribution in [0.3, 0.4) is 0 Å². The van der Waals surface area contributed by atoms with Gasteiger partial charge in [0.05, 0.1) is 11.4 Å². The van der Waals surface area contributed by atoms with Crippen molar-refractivity contribution in [2.45, 2.75) is 39.0 Å². The molecule has 0 spiro atoms. The number of nitrogens with zero attached hydrogens (tertiary/aromatic N) is 3. The summed E-state index contributed by atoms with van der Waals surface area (Å²) in [5.74, 6) is -0.778. The standard InChI is InChI=1S/C26H28F2N4O2/c1-26(2,3)22-16-23(32(30-22)21-10-8-20(28)9-11-21)29-24(33)17-12-14-31(15-13-17)25(34)18-4-6-19(27)7-5-18/h4-11,16-17H,12-15H2,1-3H3,(H,29,33). The normalized spacial score (nSPS) is 14.8. The largest absolute Gasteiger partial charge is 0.339 e. The second kappa shape index (κ2) is 9.37. The lowest BCUT2D eigenvalue weighted by atomic mass is 9.92. The molecule has 6 nitrogen and oxygen atoms in total. The molecular weight excluding hydrogens is 438 g/mol. The van der Waals surface area contributed by atoms with E-state index >= 15 is 0 Å². The maximum atomic E-state index is 13.4. The summed E-state index contributed by atoms with van der Waals surface area (Å²) >= 11 is 0. The van der Waals surface area contributed by atoms with E-state index < -0.39 is 0 Å². The number of amides is 2. The van der Waals surface area contributed by atoms with Crippen LogP contribution in [0.1, 0.15) is 49.7 Å². The maximum Gasteiger partial charge on any atom is 0.253 e. The molecule has 1 aromatic heterocycles. The first-order chi connectivity index (χ1) is 16.1. The van der Waals surface area contributed by atoms with Crippen LogP contribution in [0.25, 0.3) is 5.69 Å². The van der Waals surface area contributed by atoms with E-state index in [0.29, 0.717) is 43.0 Å². The number of benzene rings is 2. The third-order valence-electron chi connectivity index (χ3n) is 6.04. The van der Waals surface area contributed by atoms with Crippen molar-refractivity contribution in [1.29, 1.82) is 0 Å². The Morgan fingerprint density at radius 1 is 0.941 bits per heavy atom. The Hall–Kier alpha value is -3.55. The monoisotopic (exact) mass is 466 g/mol. The number of piperidine rings is 1. The van der Waals surface area contributed by atoms with Gasteiger partial charge in [-0.3, -0.25) is 9.59 Å². The van der Waals surface area contributed by atoms with Gasteiger partial charge in [-0.1, -0.05) is 20.8 Å². The van der Waals surface area contributed by atoms with Crippen LogP contribution in [0, 0.1) is 17.6 Å². The number of nitrogens with one attached hydrogen (secondary N) is 1. The van der Waals surface area contributed by atoms with Gasteiger partial charge >= 0.3 is 0 Å². The number of rotatable bonds is 4. The van der Waals surface area contributed by atoms with Crippen LogP contribution in [0.4, 0.5) is 14.6 Å². The van der Waals surface area contributed by atoms with E-state index in [9.17, 15) is 18.4 Å². The lowest BCUT2D eigenvalue weighted by molar-refractivity contribution is -0.121. The molecule has 4 rings (SSSR count). The molecule has 3 aromatic rings. The Bertz CT molecular complexity index is 1170. The average Bonchev–Trinajstić information content (AvgIpc) is 3.24.